The summed E-state index contributed by atoms with van der Waals surface area (Å²) in [5, 5.41) is 20.1. The predicted molar refractivity (Wildman–Crippen MR) is 74.1 cm³/mol. The standard InChI is InChI=1S/C14H29NO4/c1-13(2)11(12(17)14(3,4)19-13)8-15(5)7-10(16)9-18-6/h10-12,16-17H,7-9H2,1-6H3. The SMILES string of the molecule is COCC(O)CN(C)CC1C(O)C(C)(C)OC1(C)C. The van der Waals surface area contributed by atoms with Crippen molar-refractivity contribution in [3.63, 3.8) is 0 Å². The highest BCUT2D eigenvalue weighted by molar-refractivity contribution is 5.02. The van der Waals surface area contributed by atoms with Gasteiger partial charge in [0.1, 0.15) is 0 Å². The van der Waals surface area contributed by atoms with Crippen molar-refractivity contribution >= 4 is 0 Å². The van der Waals surface area contributed by atoms with Crippen molar-refractivity contribution in [2.24, 2.45) is 5.92 Å². The molecule has 0 aromatic rings. The molecule has 2 N–H and O–H groups in total. The molecule has 1 aliphatic heterocycles. The van der Waals surface area contributed by atoms with Crippen LogP contribution in [0.1, 0.15) is 27.7 Å². The Morgan fingerprint density at radius 1 is 1.26 bits per heavy atom. The Hall–Kier alpha value is -0.200. The van der Waals surface area contributed by atoms with Crippen LogP contribution in [0.15, 0.2) is 0 Å². The molecule has 1 rings (SSSR count). The minimum Gasteiger partial charge on any atom is -0.390 e. The maximum atomic E-state index is 10.4. The third-order valence-electron chi connectivity index (χ3n) is 3.90. The molecule has 114 valence electrons. The summed E-state index contributed by atoms with van der Waals surface area (Å²) in [6.45, 7) is 9.37. The van der Waals surface area contributed by atoms with Gasteiger partial charge in [0.2, 0.25) is 0 Å². The van der Waals surface area contributed by atoms with Crippen molar-refractivity contribution < 1.29 is 19.7 Å². The molecule has 1 saturated heterocycles. The monoisotopic (exact) mass is 275 g/mol. The van der Waals surface area contributed by atoms with E-state index in [1.807, 2.05) is 39.6 Å². The maximum Gasteiger partial charge on any atom is 0.0899 e. The normalized spacial score (nSPS) is 30.8. The molecule has 0 aliphatic carbocycles. The van der Waals surface area contributed by atoms with Crippen LogP contribution < -0.4 is 0 Å². The molecule has 5 heteroatoms. The summed E-state index contributed by atoms with van der Waals surface area (Å²) in [6.07, 6.45) is -1.02. The molecule has 1 heterocycles. The van der Waals surface area contributed by atoms with Gasteiger partial charge in [0.05, 0.1) is 30.0 Å². The van der Waals surface area contributed by atoms with Crippen LogP contribution >= 0.6 is 0 Å². The lowest BCUT2D eigenvalue weighted by Gasteiger charge is -2.31. The molecule has 0 saturated carbocycles. The van der Waals surface area contributed by atoms with Gasteiger partial charge in [-0.05, 0) is 34.7 Å². The summed E-state index contributed by atoms with van der Waals surface area (Å²) >= 11 is 0. The third kappa shape index (κ3) is 4.13. The molecular weight excluding hydrogens is 246 g/mol. The Balaban J connectivity index is 2.60. The molecule has 1 fully saturated rings. The average Bonchev–Trinajstić information content (AvgIpc) is 2.37. The zero-order valence-electron chi connectivity index (χ0n) is 13.0. The van der Waals surface area contributed by atoms with Crippen molar-refractivity contribution in [3.05, 3.63) is 0 Å². The highest BCUT2D eigenvalue weighted by atomic mass is 16.5. The fourth-order valence-electron chi connectivity index (χ4n) is 3.01. The lowest BCUT2D eigenvalue weighted by molar-refractivity contribution is -0.0914. The smallest absolute Gasteiger partial charge is 0.0899 e. The van der Waals surface area contributed by atoms with Crippen LogP contribution in [0.5, 0.6) is 0 Å². The number of hydrogen-bond acceptors (Lipinski definition) is 5. The van der Waals surface area contributed by atoms with E-state index in [0.717, 1.165) is 0 Å². The van der Waals surface area contributed by atoms with E-state index >= 15 is 0 Å². The van der Waals surface area contributed by atoms with Crippen LogP contribution in [0.25, 0.3) is 0 Å². The number of likely N-dealkylation sites (N-methyl/N-ethyl adjacent to an activating group) is 1. The number of nitrogens with zero attached hydrogens (tertiary/aromatic N) is 1. The van der Waals surface area contributed by atoms with E-state index in [2.05, 4.69) is 0 Å². The highest BCUT2D eigenvalue weighted by Gasteiger charge is 2.53. The number of aliphatic hydroxyl groups is 2. The van der Waals surface area contributed by atoms with Crippen molar-refractivity contribution in [2.45, 2.75) is 51.1 Å². The lowest BCUT2D eigenvalue weighted by Crippen LogP contribution is -2.44. The Kier molecular flexibility index (Phi) is 5.37. The molecule has 0 spiro atoms. The highest BCUT2D eigenvalue weighted by Crippen LogP contribution is 2.42. The lowest BCUT2D eigenvalue weighted by atomic mass is 9.84. The molecule has 0 radical (unpaired) electrons. The number of methoxy groups -OCH3 is 1. The number of ether oxygens (including phenoxy) is 2. The molecule has 0 aromatic carbocycles. The van der Waals surface area contributed by atoms with E-state index in [9.17, 15) is 10.2 Å². The quantitative estimate of drug-likeness (QED) is 0.739. The second-order valence-corrected chi connectivity index (χ2v) is 6.69. The van der Waals surface area contributed by atoms with E-state index in [4.69, 9.17) is 9.47 Å². The topological polar surface area (TPSA) is 62.2 Å². The second kappa shape index (κ2) is 6.06. The molecule has 1 aliphatic rings. The Bertz CT molecular complexity index is 293. The van der Waals surface area contributed by atoms with Crippen molar-refractivity contribution in [3.8, 4) is 0 Å². The van der Waals surface area contributed by atoms with Gasteiger partial charge in [-0.15, -0.1) is 0 Å². The number of rotatable bonds is 6. The van der Waals surface area contributed by atoms with Crippen LogP contribution in [0.2, 0.25) is 0 Å². The van der Waals surface area contributed by atoms with Crippen LogP contribution in [-0.4, -0.2) is 72.4 Å². The second-order valence-electron chi connectivity index (χ2n) is 6.69. The molecule has 3 unspecified atom stereocenters. The van der Waals surface area contributed by atoms with Crippen LogP contribution in [0.4, 0.5) is 0 Å². The first-order valence-corrected chi connectivity index (χ1v) is 6.84. The minimum absolute atomic E-state index is 0.0160. The Labute approximate surface area is 116 Å². The van der Waals surface area contributed by atoms with E-state index < -0.39 is 17.8 Å². The van der Waals surface area contributed by atoms with Gasteiger partial charge in [-0.2, -0.15) is 0 Å². The maximum absolute atomic E-state index is 10.4. The van der Waals surface area contributed by atoms with E-state index in [1.165, 1.54) is 0 Å². The number of hydrogen-bond donors (Lipinski definition) is 2. The molecule has 5 nitrogen and oxygen atoms in total. The van der Waals surface area contributed by atoms with Gasteiger partial charge in [0.15, 0.2) is 0 Å². The molecule has 19 heavy (non-hydrogen) atoms. The van der Waals surface area contributed by atoms with Gasteiger partial charge in [-0.3, -0.25) is 0 Å². The first kappa shape index (κ1) is 16.9. The van der Waals surface area contributed by atoms with Gasteiger partial charge in [0, 0.05) is 26.1 Å². The predicted octanol–water partition coefficient (Wildman–Crippen LogP) is 0.490. The third-order valence-corrected chi connectivity index (χ3v) is 3.90. The molecule has 0 amide bonds. The van der Waals surface area contributed by atoms with Gasteiger partial charge < -0.3 is 24.6 Å². The fraction of sp³-hybridized carbons (Fsp3) is 1.00. The fourth-order valence-corrected chi connectivity index (χ4v) is 3.01. The van der Waals surface area contributed by atoms with E-state index in [-0.39, 0.29) is 11.5 Å². The van der Waals surface area contributed by atoms with Gasteiger partial charge in [-0.1, -0.05) is 0 Å². The van der Waals surface area contributed by atoms with Crippen molar-refractivity contribution in [1.82, 2.24) is 4.90 Å². The summed E-state index contributed by atoms with van der Waals surface area (Å²) in [4.78, 5) is 2.02. The zero-order chi connectivity index (χ0) is 14.8. The van der Waals surface area contributed by atoms with Gasteiger partial charge in [-0.25, -0.2) is 0 Å². The summed E-state index contributed by atoms with van der Waals surface area (Å²) in [7, 11) is 3.51. The molecule has 3 atom stereocenters. The van der Waals surface area contributed by atoms with Crippen LogP contribution in [0.3, 0.4) is 0 Å². The summed E-state index contributed by atoms with van der Waals surface area (Å²) < 4.78 is 10.9. The average molecular weight is 275 g/mol. The largest absolute Gasteiger partial charge is 0.390 e. The Morgan fingerprint density at radius 2 is 1.84 bits per heavy atom. The van der Waals surface area contributed by atoms with Crippen molar-refractivity contribution in [1.29, 1.82) is 0 Å². The first-order chi connectivity index (χ1) is 8.60. The zero-order valence-corrected chi connectivity index (χ0v) is 13.0. The summed E-state index contributed by atoms with van der Waals surface area (Å²) in [5.74, 6) is 0.0160. The van der Waals surface area contributed by atoms with Crippen LogP contribution in [0, 0.1) is 5.92 Å². The number of aliphatic hydroxyl groups excluding tert-OH is 2. The first-order valence-electron chi connectivity index (χ1n) is 6.84. The van der Waals surface area contributed by atoms with E-state index in [0.29, 0.717) is 19.7 Å². The van der Waals surface area contributed by atoms with E-state index in [1.54, 1.807) is 7.11 Å². The van der Waals surface area contributed by atoms with Gasteiger partial charge in [0.25, 0.3) is 0 Å². The molecule has 0 aromatic heterocycles. The summed E-state index contributed by atoms with van der Waals surface area (Å²) in [5.41, 5.74) is -0.899. The van der Waals surface area contributed by atoms with Crippen molar-refractivity contribution in [2.75, 3.05) is 33.9 Å². The van der Waals surface area contributed by atoms with Crippen LogP contribution in [-0.2, 0) is 9.47 Å². The molecule has 0 bridgehead atoms. The Morgan fingerprint density at radius 3 is 2.26 bits per heavy atom. The van der Waals surface area contributed by atoms with Gasteiger partial charge >= 0.3 is 0 Å². The minimum atomic E-state index is -0.528. The summed E-state index contributed by atoms with van der Waals surface area (Å²) in [6, 6.07) is 0. The molecular formula is C14H29NO4.